The Morgan fingerprint density at radius 2 is 1.02 bits per heavy atom. The smallest absolute Gasteiger partial charge is 0.875 e. The van der Waals surface area contributed by atoms with Crippen LogP contribution in [0.3, 0.4) is 0 Å². The molecule has 0 aliphatic heterocycles. The first-order valence-electron chi connectivity index (χ1n) is 12.8. The Hall–Kier alpha value is -1.32. The summed E-state index contributed by atoms with van der Waals surface area (Å²) in [5, 5.41) is 22.6. The van der Waals surface area contributed by atoms with E-state index in [1.807, 2.05) is 27.7 Å². The fourth-order valence-electron chi connectivity index (χ4n) is 5.68. The summed E-state index contributed by atoms with van der Waals surface area (Å²) >= 11 is 0. The molecule has 41 heavy (non-hydrogen) atoms. The number of carbonyl (C=O) groups excluding carboxylic acids is 2. The Morgan fingerprint density at radius 3 is 1.34 bits per heavy atom. The number of aliphatic hydroxyl groups excluding tert-OH is 1. The molecule has 2 aliphatic carbocycles. The quantitative estimate of drug-likeness (QED) is 0.521. The van der Waals surface area contributed by atoms with E-state index in [1.165, 1.54) is 0 Å². The van der Waals surface area contributed by atoms with Crippen LogP contribution in [0, 0.1) is 64.0 Å². The van der Waals surface area contributed by atoms with Crippen LogP contribution in [-0.2, 0) is 9.59 Å². The van der Waals surface area contributed by atoms with E-state index in [9.17, 15) is 28.6 Å². The third-order valence-electron chi connectivity index (χ3n) is 7.74. The predicted molar refractivity (Wildman–Crippen MR) is 146 cm³/mol. The van der Waals surface area contributed by atoms with Gasteiger partial charge < -0.3 is 15.7 Å². The molecule has 4 rings (SSSR count). The maximum atomic E-state index is 14.1. The van der Waals surface area contributed by atoms with Crippen LogP contribution in [0.15, 0.2) is 23.7 Å². The van der Waals surface area contributed by atoms with Crippen molar-refractivity contribution >= 4 is 22.7 Å². The molecule has 212 valence electrons. The molecule has 0 aromatic heterocycles. The normalized spacial score (nSPS) is 17.0. The van der Waals surface area contributed by atoms with E-state index in [1.54, 1.807) is 53.7 Å². The standard InChI is InChI=1S/2C16H19FO2.2Na.H2O/c2*1-8-6-9(2)14(17)10(3)12(8)13-11(18)7-16(4,5)15(13)19;;;/h2*6,19H,7H2,1-5H3;;;1H2/q;;2*+1;/p-2. The molecule has 0 amide bonds. The van der Waals surface area contributed by atoms with Crippen LogP contribution in [0.1, 0.15) is 85.0 Å². The number of rotatable bonds is 2. The first-order valence-corrected chi connectivity index (χ1v) is 12.8. The number of ketones is 2. The predicted octanol–water partition coefficient (Wildman–Crippen LogP) is 0.672. The first kappa shape index (κ1) is 39.7. The number of halogens is 2. The Kier molecular flexibility index (Phi) is 13.5. The average Bonchev–Trinajstić information content (AvgIpc) is 3.12. The van der Waals surface area contributed by atoms with Gasteiger partial charge in [0.05, 0.1) is 5.57 Å². The van der Waals surface area contributed by atoms with Gasteiger partial charge in [-0.25, -0.2) is 8.78 Å². The summed E-state index contributed by atoms with van der Waals surface area (Å²) in [6.45, 7) is 17.5. The molecule has 2 N–H and O–H groups in total. The minimum Gasteiger partial charge on any atom is -0.875 e. The molecule has 9 heteroatoms. The fourth-order valence-corrected chi connectivity index (χ4v) is 5.68. The number of benzene rings is 2. The largest absolute Gasteiger partial charge is 1.00 e. The van der Waals surface area contributed by atoms with Crippen molar-refractivity contribution in [3.05, 3.63) is 79.8 Å². The monoisotopic (exact) mass is 586 g/mol. The van der Waals surface area contributed by atoms with Gasteiger partial charge in [-0.1, -0.05) is 39.8 Å². The molecule has 0 saturated heterocycles. The summed E-state index contributed by atoms with van der Waals surface area (Å²) in [4.78, 5) is 24.3. The van der Waals surface area contributed by atoms with Gasteiger partial charge in [-0.3, -0.25) is 9.59 Å². The van der Waals surface area contributed by atoms with Crippen LogP contribution in [0.5, 0.6) is 0 Å². The van der Waals surface area contributed by atoms with Crippen molar-refractivity contribution in [2.75, 3.05) is 0 Å². The second kappa shape index (κ2) is 14.0. The summed E-state index contributed by atoms with van der Waals surface area (Å²) in [6, 6.07) is 3.41. The minimum absolute atomic E-state index is 0. The molecule has 0 saturated carbocycles. The van der Waals surface area contributed by atoms with Crippen LogP contribution in [0.4, 0.5) is 8.78 Å². The zero-order chi connectivity index (χ0) is 29.1. The molecule has 2 aliphatic rings. The zero-order valence-corrected chi connectivity index (χ0v) is 30.4. The summed E-state index contributed by atoms with van der Waals surface area (Å²) < 4.78 is 28.1. The van der Waals surface area contributed by atoms with Crippen molar-refractivity contribution < 1.29 is 93.2 Å². The number of Topliss-reactive ketones (excluding diaryl/α,β-unsaturated/α-hetero) is 2. The van der Waals surface area contributed by atoms with Crippen LogP contribution in [0.25, 0.3) is 11.1 Å². The van der Waals surface area contributed by atoms with Crippen LogP contribution in [-0.4, -0.2) is 22.1 Å². The Bertz CT molecular complexity index is 1340. The van der Waals surface area contributed by atoms with E-state index >= 15 is 0 Å². The molecular formula is C32H38F2Na2O5. The third kappa shape index (κ3) is 7.26. The van der Waals surface area contributed by atoms with E-state index in [4.69, 9.17) is 0 Å². The van der Waals surface area contributed by atoms with Gasteiger partial charge in [0.25, 0.3) is 0 Å². The SMILES string of the molecule is Cc1cc(C)c(C2=C(O)C(C)(C)CC2=O)c(C)c1F.Cc1cc(C)c(C2=C([O-])C(C)(C)CC2=O)c(C)c1F.[Na+].[Na+].[OH-]. The average molecular weight is 587 g/mol. The zero-order valence-electron chi connectivity index (χ0n) is 26.4. The summed E-state index contributed by atoms with van der Waals surface area (Å²) in [5.74, 6) is -1.03. The molecule has 0 atom stereocenters. The minimum atomic E-state index is -0.674. The van der Waals surface area contributed by atoms with Gasteiger partial charge in [-0.05, 0) is 91.5 Å². The van der Waals surface area contributed by atoms with Crippen molar-refractivity contribution in [1.82, 2.24) is 0 Å². The van der Waals surface area contributed by atoms with Crippen molar-refractivity contribution in [3.8, 4) is 0 Å². The van der Waals surface area contributed by atoms with Gasteiger partial charge >= 0.3 is 59.1 Å². The van der Waals surface area contributed by atoms with E-state index in [2.05, 4.69) is 0 Å². The van der Waals surface area contributed by atoms with Gasteiger partial charge in [0, 0.05) is 23.8 Å². The summed E-state index contributed by atoms with van der Waals surface area (Å²) in [5.41, 5.74) is 3.81. The van der Waals surface area contributed by atoms with E-state index in [-0.39, 0.29) is 118 Å². The topological polar surface area (TPSA) is 107 Å². The number of hydrogen-bond acceptors (Lipinski definition) is 5. The van der Waals surface area contributed by atoms with E-state index in [0.717, 1.165) is 11.1 Å². The van der Waals surface area contributed by atoms with E-state index < -0.39 is 10.8 Å². The molecule has 0 spiro atoms. The first-order chi connectivity index (χ1) is 17.3. The maximum absolute atomic E-state index is 14.1. The number of aryl methyl sites for hydroxylation is 4. The molecule has 0 radical (unpaired) electrons. The van der Waals surface area contributed by atoms with Gasteiger partial charge in [-0.15, -0.1) is 5.76 Å². The van der Waals surface area contributed by atoms with Gasteiger partial charge in [0.2, 0.25) is 0 Å². The number of hydrogen-bond donors (Lipinski definition) is 1. The molecule has 2 aromatic carbocycles. The Labute approximate surface area is 286 Å². The Balaban J connectivity index is 0.000000727. The molecule has 0 heterocycles. The van der Waals surface area contributed by atoms with Crippen LogP contribution in [0.2, 0.25) is 0 Å². The number of carbonyl (C=O) groups is 2. The van der Waals surface area contributed by atoms with Gasteiger partial charge in [0.15, 0.2) is 11.6 Å². The Morgan fingerprint density at radius 1 is 0.683 bits per heavy atom. The molecule has 5 nitrogen and oxygen atoms in total. The van der Waals surface area contributed by atoms with Gasteiger partial charge in [-0.2, -0.15) is 0 Å². The number of aliphatic hydroxyl groups is 1. The second-order valence-electron chi connectivity index (χ2n) is 12.0. The van der Waals surface area contributed by atoms with Crippen molar-refractivity contribution in [1.29, 1.82) is 0 Å². The van der Waals surface area contributed by atoms with Crippen LogP contribution < -0.4 is 64.2 Å². The molecule has 2 aromatic rings. The second-order valence-corrected chi connectivity index (χ2v) is 12.0. The maximum Gasteiger partial charge on any atom is 1.00 e. The van der Waals surface area contributed by atoms with Crippen molar-refractivity contribution in [3.63, 3.8) is 0 Å². The fraction of sp³-hybridized carbons (Fsp3) is 0.438. The summed E-state index contributed by atoms with van der Waals surface area (Å²) in [7, 11) is 0. The van der Waals surface area contributed by atoms with Crippen LogP contribution >= 0.6 is 0 Å². The molecular weight excluding hydrogens is 548 g/mol. The molecule has 0 unspecified atom stereocenters. The van der Waals surface area contributed by atoms with Crippen molar-refractivity contribution in [2.24, 2.45) is 10.8 Å². The molecule has 0 bridgehead atoms. The molecule has 0 fully saturated rings. The third-order valence-corrected chi connectivity index (χ3v) is 7.74. The van der Waals surface area contributed by atoms with E-state index in [0.29, 0.717) is 39.0 Å². The van der Waals surface area contributed by atoms with Gasteiger partial charge in [0.1, 0.15) is 17.4 Å². The number of allylic oxidation sites excluding steroid dienone is 4. The summed E-state index contributed by atoms with van der Waals surface area (Å²) in [6.07, 6.45) is 0.470. The van der Waals surface area contributed by atoms with Crippen molar-refractivity contribution in [2.45, 2.75) is 82.1 Å².